The average molecular weight is 443 g/mol. The Kier molecular flexibility index (Phi) is 5.43. The summed E-state index contributed by atoms with van der Waals surface area (Å²) in [7, 11) is 0. The number of benzene rings is 3. The summed E-state index contributed by atoms with van der Waals surface area (Å²) < 4.78 is 5.82. The van der Waals surface area contributed by atoms with Gasteiger partial charge in [0.1, 0.15) is 12.4 Å². The van der Waals surface area contributed by atoms with Gasteiger partial charge in [0.15, 0.2) is 10.9 Å². The number of amides is 2. The Morgan fingerprint density at radius 3 is 2.47 bits per heavy atom. The van der Waals surface area contributed by atoms with E-state index in [2.05, 4.69) is 15.5 Å². The van der Waals surface area contributed by atoms with Gasteiger partial charge in [-0.05, 0) is 35.9 Å². The van der Waals surface area contributed by atoms with Crippen molar-refractivity contribution in [3.63, 3.8) is 0 Å². The number of carbonyl (C=O) groups is 2. The van der Waals surface area contributed by atoms with Crippen molar-refractivity contribution in [2.45, 2.75) is 6.61 Å². The molecule has 7 nitrogen and oxygen atoms in total. The van der Waals surface area contributed by atoms with E-state index < -0.39 is 0 Å². The molecule has 2 aliphatic rings. The number of para-hydroxylation sites is 1. The van der Waals surface area contributed by atoms with E-state index in [0.29, 0.717) is 34.5 Å². The van der Waals surface area contributed by atoms with Gasteiger partial charge in [0, 0.05) is 5.56 Å². The van der Waals surface area contributed by atoms with Gasteiger partial charge in [-0.3, -0.25) is 14.5 Å². The summed E-state index contributed by atoms with van der Waals surface area (Å²) in [4.78, 5) is 26.3. The van der Waals surface area contributed by atoms with E-state index in [0.717, 1.165) is 5.56 Å². The van der Waals surface area contributed by atoms with Crippen LogP contribution in [0.5, 0.6) is 5.75 Å². The molecular weight excluding hydrogens is 424 g/mol. The maximum atomic E-state index is 12.5. The third-order valence-electron chi connectivity index (χ3n) is 4.99. The summed E-state index contributed by atoms with van der Waals surface area (Å²) in [5.41, 5.74) is 3.38. The Morgan fingerprint density at radius 1 is 0.906 bits per heavy atom. The van der Waals surface area contributed by atoms with Crippen molar-refractivity contribution in [1.82, 2.24) is 0 Å². The molecule has 0 unspecified atom stereocenters. The number of carbonyl (C=O) groups excluding carboxylic acids is 2. The highest BCUT2D eigenvalue weighted by Crippen LogP contribution is 2.29. The summed E-state index contributed by atoms with van der Waals surface area (Å²) in [5.74, 6) is 0.563. The van der Waals surface area contributed by atoms with Gasteiger partial charge in [-0.15, -0.1) is 10.2 Å². The van der Waals surface area contributed by atoms with Gasteiger partial charge in [-0.1, -0.05) is 60.3 Å². The topological polar surface area (TPSA) is 83.4 Å². The minimum atomic E-state index is -0.309. The Morgan fingerprint density at radius 2 is 1.66 bits per heavy atom. The summed E-state index contributed by atoms with van der Waals surface area (Å²) in [6.45, 7) is 0.465. The molecule has 0 aromatic heterocycles. The fraction of sp³-hybridized carbons (Fsp3) is 0.0833. The first-order valence-electron chi connectivity index (χ1n) is 9.98. The van der Waals surface area contributed by atoms with Crippen LogP contribution in [0, 0.1) is 0 Å². The third-order valence-corrected chi connectivity index (χ3v) is 5.90. The van der Waals surface area contributed by atoms with Crippen molar-refractivity contribution in [3.05, 3.63) is 90.0 Å². The van der Waals surface area contributed by atoms with Gasteiger partial charge in [0.2, 0.25) is 5.91 Å². The van der Waals surface area contributed by atoms with Gasteiger partial charge >= 0.3 is 0 Å². The molecule has 1 fully saturated rings. The van der Waals surface area contributed by atoms with E-state index in [1.807, 2.05) is 78.9 Å². The van der Waals surface area contributed by atoms with Crippen LogP contribution < -0.4 is 15.0 Å². The second-order valence-electron chi connectivity index (χ2n) is 7.12. The number of thioether (sulfide) groups is 1. The van der Waals surface area contributed by atoms with E-state index in [-0.39, 0.29) is 23.3 Å². The maximum Gasteiger partial charge on any atom is 0.276 e. The van der Waals surface area contributed by atoms with Crippen molar-refractivity contribution in [3.8, 4) is 5.75 Å². The zero-order chi connectivity index (χ0) is 21.9. The molecule has 0 saturated carbocycles. The molecule has 1 saturated heterocycles. The minimum absolute atomic E-state index is 0.0943. The molecule has 0 spiro atoms. The van der Waals surface area contributed by atoms with Crippen molar-refractivity contribution >= 4 is 45.8 Å². The standard InChI is InChI=1S/C24H18N4O3S/c29-21-15-32-24(27-26-22-19-8-4-5-9-20(19)25-23(22)30)28(21)17-10-12-18(13-11-17)31-14-16-6-2-1-3-7-16/h1-13H,14-15H2,(H,25,26,30)/b27-24+. The van der Waals surface area contributed by atoms with Gasteiger partial charge in [-0.2, -0.15) is 0 Å². The number of nitrogens with one attached hydrogen (secondary N) is 1. The predicted octanol–water partition coefficient (Wildman–Crippen LogP) is 4.06. The fourth-order valence-corrected chi connectivity index (χ4v) is 4.23. The average Bonchev–Trinajstić information content (AvgIpc) is 3.35. The highest BCUT2D eigenvalue weighted by atomic mass is 32.2. The van der Waals surface area contributed by atoms with Crippen LogP contribution in [0.25, 0.3) is 0 Å². The van der Waals surface area contributed by atoms with Crippen LogP contribution in [0.3, 0.4) is 0 Å². The molecule has 3 aromatic carbocycles. The van der Waals surface area contributed by atoms with Crippen molar-refractivity contribution in [2.75, 3.05) is 16.0 Å². The lowest BCUT2D eigenvalue weighted by molar-refractivity contribution is -0.115. The molecule has 3 aromatic rings. The number of ether oxygens (including phenoxy) is 1. The molecule has 0 bridgehead atoms. The van der Waals surface area contributed by atoms with Crippen LogP contribution >= 0.6 is 11.8 Å². The number of rotatable bonds is 5. The number of hydrogen-bond donors (Lipinski definition) is 1. The highest BCUT2D eigenvalue weighted by molar-refractivity contribution is 8.15. The first-order valence-corrected chi connectivity index (χ1v) is 11.0. The predicted molar refractivity (Wildman–Crippen MR) is 126 cm³/mol. The van der Waals surface area contributed by atoms with Crippen LogP contribution in [0.15, 0.2) is 89.1 Å². The van der Waals surface area contributed by atoms with Crippen molar-refractivity contribution in [2.24, 2.45) is 10.2 Å². The lowest BCUT2D eigenvalue weighted by Gasteiger charge is -2.16. The normalized spacial score (nSPS) is 17.7. The van der Waals surface area contributed by atoms with E-state index in [1.165, 1.54) is 16.7 Å². The molecule has 0 aliphatic carbocycles. The molecular formula is C24H18N4O3S. The van der Waals surface area contributed by atoms with Gasteiger partial charge < -0.3 is 10.1 Å². The largest absolute Gasteiger partial charge is 0.489 e. The molecule has 158 valence electrons. The molecule has 1 N–H and O–H groups in total. The van der Waals surface area contributed by atoms with Crippen LogP contribution in [-0.2, 0) is 16.2 Å². The summed E-state index contributed by atoms with van der Waals surface area (Å²) in [6.07, 6.45) is 0. The molecule has 8 heteroatoms. The zero-order valence-electron chi connectivity index (χ0n) is 16.9. The van der Waals surface area contributed by atoms with Crippen LogP contribution in [0.4, 0.5) is 11.4 Å². The number of amidine groups is 1. The zero-order valence-corrected chi connectivity index (χ0v) is 17.7. The number of fused-ring (bicyclic) bond motifs is 1. The van der Waals surface area contributed by atoms with Crippen molar-refractivity contribution < 1.29 is 14.3 Å². The van der Waals surface area contributed by atoms with Gasteiger partial charge in [0.25, 0.3) is 5.91 Å². The molecule has 2 amide bonds. The van der Waals surface area contributed by atoms with E-state index in [1.54, 1.807) is 0 Å². The number of nitrogens with zero attached hydrogens (tertiary/aromatic N) is 3. The molecule has 5 rings (SSSR count). The Hall–Kier alpha value is -3.91. The van der Waals surface area contributed by atoms with Crippen LogP contribution in [0.1, 0.15) is 11.1 Å². The third kappa shape index (κ3) is 4.00. The monoisotopic (exact) mass is 442 g/mol. The fourth-order valence-electron chi connectivity index (χ4n) is 3.42. The van der Waals surface area contributed by atoms with Gasteiger partial charge in [-0.25, -0.2) is 0 Å². The lowest BCUT2D eigenvalue weighted by atomic mass is 10.1. The Bertz CT molecular complexity index is 1240. The smallest absolute Gasteiger partial charge is 0.276 e. The minimum Gasteiger partial charge on any atom is -0.489 e. The highest BCUT2D eigenvalue weighted by Gasteiger charge is 2.31. The maximum absolute atomic E-state index is 12.5. The number of hydrogen-bond acceptors (Lipinski definition) is 6. The SMILES string of the molecule is O=C1Nc2ccccc2/C1=N/N=C1/SCC(=O)N1c1ccc(OCc2ccccc2)cc1. The van der Waals surface area contributed by atoms with E-state index >= 15 is 0 Å². The molecule has 2 heterocycles. The summed E-state index contributed by atoms with van der Waals surface area (Å²) in [5, 5.41) is 11.6. The van der Waals surface area contributed by atoms with Crippen LogP contribution in [-0.4, -0.2) is 28.4 Å². The second kappa shape index (κ2) is 8.68. The second-order valence-corrected chi connectivity index (χ2v) is 8.06. The first-order chi connectivity index (χ1) is 15.7. The Labute approximate surface area is 188 Å². The molecule has 32 heavy (non-hydrogen) atoms. The van der Waals surface area contributed by atoms with E-state index in [4.69, 9.17) is 4.74 Å². The van der Waals surface area contributed by atoms with E-state index in [9.17, 15) is 9.59 Å². The first kappa shape index (κ1) is 20.0. The van der Waals surface area contributed by atoms with Gasteiger partial charge in [0.05, 0.1) is 17.1 Å². The van der Waals surface area contributed by atoms with Crippen LogP contribution in [0.2, 0.25) is 0 Å². The summed E-state index contributed by atoms with van der Waals surface area (Å²) in [6, 6.07) is 24.5. The number of anilines is 2. The lowest BCUT2D eigenvalue weighted by Crippen LogP contribution is -2.29. The summed E-state index contributed by atoms with van der Waals surface area (Å²) >= 11 is 1.29. The molecule has 0 radical (unpaired) electrons. The molecule has 2 aliphatic heterocycles. The van der Waals surface area contributed by atoms with Crippen molar-refractivity contribution in [1.29, 1.82) is 0 Å². The quantitative estimate of drug-likeness (QED) is 0.604. The Balaban J connectivity index is 1.35. The molecule has 0 atom stereocenters.